The smallest absolute Gasteiger partial charge is 0.223 e. The maximum absolute atomic E-state index is 11.5. The first kappa shape index (κ1) is 15.2. The van der Waals surface area contributed by atoms with E-state index < -0.39 is 0 Å². The fraction of sp³-hybridized carbons (Fsp3) is 0.583. The highest BCUT2D eigenvalue weighted by atomic mass is 16.2. The van der Waals surface area contributed by atoms with E-state index in [4.69, 9.17) is 5.84 Å². The summed E-state index contributed by atoms with van der Waals surface area (Å²) in [6, 6.07) is 0. The standard InChI is InChI=1S/C12H22N6O/c1-8(2)10-11(15-7-16-12(10)17-13)14-6-5-9(19)18(3)4/h7-8H,5-6,13H2,1-4H3,(H2,14,15,16,17). The highest BCUT2D eigenvalue weighted by Crippen LogP contribution is 2.27. The van der Waals surface area contributed by atoms with Crippen LogP contribution >= 0.6 is 0 Å². The fourth-order valence-corrected chi connectivity index (χ4v) is 1.71. The number of hydrogen-bond donors (Lipinski definition) is 3. The van der Waals surface area contributed by atoms with Crippen molar-refractivity contribution in [1.29, 1.82) is 0 Å². The number of nitrogens with two attached hydrogens (primary N) is 1. The van der Waals surface area contributed by atoms with Crippen molar-refractivity contribution in [3.05, 3.63) is 11.9 Å². The number of rotatable bonds is 6. The van der Waals surface area contributed by atoms with Gasteiger partial charge in [-0.25, -0.2) is 15.8 Å². The van der Waals surface area contributed by atoms with Crippen LogP contribution in [0, 0.1) is 0 Å². The lowest BCUT2D eigenvalue weighted by Gasteiger charge is -2.17. The van der Waals surface area contributed by atoms with Crippen LogP contribution in [-0.4, -0.2) is 41.4 Å². The molecule has 0 fully saturated rings. The minimum absolute atomic E-state index is 0.0739. The van der Waals surface area contributed by atoms with E-state index >= 15 is 0 Å². The van der Waals surface area contributed by atoms with Crippen LogP contribution in [0.1, 0.15) is 31.7 Å². The molecule has 1 aromatic heterocycles. The van der Waals surface area contributed by atoms with E-state index in [1.807, 2.05) is 13.8 Å². The summed E-state index contributed by atoms with van der Waals surface area (Å²) >= 11 is 0. The van der Waals surface area contributed by atoms with E-state index in [0.29, 0.717) is 24.6 Å². The summed E-state index contributed by atoms with van der Waals surface area (Å²) in [6.07, 6.45) is 1.86. The first-order chi connectivity index (χ1) is 8.97. The quantitative estimate of drug-likeness (QED) is 0.520. The third kappa shape index (κ3) is 4.06. The van der Waals surface area contributed by atoms with Crippen LogP contribution < -0.4 is 16.6 Å². The molecule has 0 bridgehead atoms. The molecule has 1 heterocycles. The molecular weight excluding hydrogens is 244 g/mol. The Kier molecular flexibility index (Phi) is 5.50. The van der Waals surface area contributed by atoms with Gasteiger partial charge in [0, 0.05) is 32.6 Å². The van der Waals surface area contributed by atoms with Gasteiger partial charge in [-0.2, -0.15) is 0 Å². The highest BCUT2D eigenvalue weighted by molar-refractivity contribution is 5.76. The predicted molar refractivity (Wildman–Crippen MR) is 75.7 cm³/mol. The molecule has 1 aromatic rings. The molecule has 106 valence electrons. The lowest BCUT2D eigenvalue weighted by Crippen LogP contribution is -2.24. The maximum atomic E-state index is 11.5. The third-order valence-corrected chi connectivity index (χ3v) is 2.73. The van der Waals surface area contributed by atoms with E-state index in [9.17, 15) is 4.79 Å². The molecule has 0 aliphatic heterocycles. The molecule has 7 heteroatoms. The van der Waals surface area contributed by atoms with Crippen LogP contribution in [-0.2, 0) is 4.79 Å². The lowest BCUT2D eigenvalue weighted by atomic mass is 10.0. The van der Waals surface area contributed by atoms with E-state index in [1.165, 1.54) is 6.33 Å². The monoisotopic (exact) mass is 266 g/mol. The molecule has 1 amide bonds. The van der Waals surface area contributed by atoms with Crippen LogP contribution in [0.2, 0.25) is 0 Å². The molecule has 0 saturated carbocycles. The van der Waals surface area contributed by atoms with Gasteiger partial charge in [-0.1, -0.05) is 13.8 Å². The highest BCUT2D eigenvalue weighted by Gasteiger charge is 2.14. The number of hydrogen-bond acceptors (Lipinski definition) is 6. The molecule has 0 atom stereocenters. The second kappa shape index (κ2) is 6.89. The summed E-state index contributed by atoms with van der Waals surface area (Å²) in [6.45, 7) is 4.60. The Morgan fingerprint density at radius 3 is 2.53 bits per heavy atom. The SMILES string of the molecule is CC(C)c1c(NN)ncnc1NCCC(=O)N(C)C. The first-order valence-corrected chi connectivity index (χ1v) is 6.22. The van der Waals surface area contributed by atoms with Crippen molar-refractivity contribution in [2.45, 2.75) is 26.2 Å². The third-order valence-electron chi connectivity index (χ3n) is 2.73. The zero-order chi connectivity index (χ0) is 14.4. The Morgan fingerprint density at radius 2 is 2.00 bits per heavy atom. The van der Waals surface area contributed by atoms with Crippen molar-refractivity contribution >= 4 is 17.5 Å². The Hall–Kier alpha value is -1.89. The average Bonchev–Trinajstić information content (AvgIpc) is 2.37. The molecule has 0 unspecified atom stereocenters. The van der Waals surface area contributed by atoms with Crippen molar-refractivity contribution in [2.24, 2.45) is 5.84 Å². The number of nitrogens with zero attached hydrogens (tertiary/aromatic N) is 3. The van der Waals surface area contributed by atoms with Crippen molar-refractivity contribution < 1.29 is 4.79 Å². The summed E-state index contributed by atoms with van der Waals surface area (Å²) in [5.74, 6) is 7.06. The zero-order valence-electron chi connectivity index (χ0n) is 11.9. The van der Waals surface area contributed by atoms with Crippen LogP contribution in [0.3, 0.4) is 0 Å². The first-order valence-electron chi connectivity index (χ1n) is 6.22. The summed E-state index contributed by atoms with van der Waals surface area (Å²) < 4.78 is 0. The fourth-order valence-electron chi connectivity index (χ4n) is 1.71. The van der Waals surface area contributed by atoms with Gasteiger partial charge in [0.05, 0.1) is 0 Å². The van der Waals surface area contributed by atoms with Crippen LogP contribution in [0.15, 0.2) is 6.33 Å². The van der Waals surface area contributed by atoms with E-state index in [2.05, 4.69) is 20.7 Å². The molecule has 0 spiro atoms. The summed E-state index contributed by atoms with van der Waals surface area (Å²) in [7, 11) is 3.48. The van der Waals surface area contributed by atoms with Gasteiger partial charge in [-0.3, -0.25) is 4.79 Å². The van der Waals surface area contributed by atoms with Crippen LogP contribution in [0.5, 0.6) is 0 Å². The van der Waals surface area contributed by atoms with Crippen LogP contribution in [0.25, 0.3) is 0 Å². The zero-order valence-corrected chi connectivity index (χ0v) is 11.9. The maximum Gasteiger partial charge on any atom is 0.223 e. The van der Waals surface area contributed by atoms with E-state index in [-0.39, 0.29) is 11.8 Å². The summed E-state index contributed by atoms with van der Waals surface area (Å²) in [5, 5.41) is 3.16. The van der Waals surface area contributed by atoms with Crippen molar-refractivity contribution in [3.8, 4) is 0 Å². The second-order valence-corrected chi connectivity index (χ2v) is 4.75. The number of nitrogen functional groups attached to an aromatic ring is 1. The molecule has 0 aliphatic rings. The molecule has 19 heavy (non-hydrogen) atoms. The molecular formula is C12H22N6O. The summed E-state index contributed by atoms with van der Waals surface area (Å²) in [5.41, 5.74) is 3.49. The Balaban J connectivity index is 2.75. The van der Waals surface area contributed by atoms with Gasteiger partial charge >= 0.3 is 0 Å². The number of anilines is 2. The lowest BCUT2D eigenvalue weighted by molar-refractivity contribution is -0.128. The summed E-state index contributed by atoms with van der Waals surface area (Å²) in [4.78, 5) is 21.4. The van der Waals surface area contributed by atoms with E-state index in [0.717, 1.165) is 5.56 Å². The molecule has 1 rings (SSSR count). The van der Waals surface area contributed by atoms with Gasteiger partial charge in [0.1, 0.15) is 18.0 Å². The number of amides is 1. The van der Waals surface area contributed by atoms with Crippen molar-refractivity contribution in [2.75, 3.05) is 31.4 Å². The van der Waals surface area contributed by atoms with Crippen LogP contribution in [0.4, 0.5) is 11.6 Å². The molecule has 0 radical (unpaired) electrons. The van der Waals surface area contributed by atoms with Crippen molar-refractivity contribution in [3.63, 3.8) is 0 Å². The van der Waals surface area contributed by atoms with Gasteiger partial charge in [-0.05, 0) is 5.92 Å². The van der Waals surface area contributed by atoms with Gasteiger partial charge in [-0.15, -0.1) is 0 Å². The Labute approximate surface area is 113 Å². The number of nitrogens with one attached hydrogen (secondary N) is 2. The Bertz CT molecular complexity index is 432. The minimum Gasteiger partial charge on any atom is -0.369 e. The molecule has 0 aromatic carbocycles. The van der Waals surface area contributed by atoms with Gasteiger partial charge in [0.15, 0.2) is 0 Å². The normalized spacial score (nSPS) is 10.4. The molecule has 4 N–H and O–H groups in total. The number of aromatic nitrogens is 2. The topological polar surface area (TPSA) is 96.2 Å². The van der Waals surface area contributed by atoms with Gasteiger partial charge in [0.2, 0.25) is 5.91 Å². The average molecular weight is 266 g/mol. The van der Waals surface area contributed by atoms with E-state index in [1.54, 1.807) is 19.0 Å². The predicted octanol–water partition coefficient (Wildman–Crippen LogP) is 0.776. The number of carbonyl (C=O) groups excluding carboxylic acids is 1. The largest absolute Gasteiger partial charge is 0.369 e. The second-order valence-electron chi connectivity index (χ2n) is 4.75. The molecule has 0 aliphatic carbocycles. The molecule has 0 saturated heterocycles. The van der Waals surface area contributed by atoms with Gasteiger partial charge < -0.3 is 15.6 Å². The Morgan fingerprint density at radius 1 is 1.37 bits per heavy atom. The minimum atomic E-state index is 0.0739. The number of carbonyl (C=O) groups is 1. The number of hydrazine groups is 1. The van der Waals surface area contributed by atoms with Gasteiger partial charge in [0.25, 0.3) is 0 Å². The van der Waals surface area contributed by atoms with Crippen molar-refractivity contribution in [1.82, 2.24) is 14.9 Å². The molecule has 7 nitrogen and oxygen atoms in total.